The largest absolute Gasteiger partial charge is 0.497 e. The Morgan fingerprint density at radius 1 is 1.10 bits per heavy atom. The molecule has 0 N–H and O–H groups in total. The Balaban J connectivity index is 0.00000300. The lowest BCUT2D eigenvalue weighted by molar-refractivity contribution is 0.104. The minimum Gasteiger partial charge on any atom is -0.497 e. The highest BCUT2D eigenvalue weighted by atomic mass is 35.5. The molecule has 0 bridgehead atoms. The topological polar surface area (TPSA) is 38.8 Å². The number of rotatable bonds is 8. The third-order valence-corrected chi connectivity index (χ3v) is 5.12. The summed E-state index contributed by atoms with van der Waals surface area (Å²) >= 11 is 0. The fourth-order valence-electron chi connectivity index (χ4n) is 3.62. The maximum absolute atomic E-state index is 12.6. The van der Waals surface area contributed by atoms with Gasteiger partial charge < -0.3 is 9.47 Å². The molecule has 1 aliphatic heterocycles. The minimum absolute atomic E-state index is 0. The summed E-state index contributed by atoms with van der Waals surface area (Å²) in [5.74, 6) is 1.65. The first-order valence-electron chi connectivity index (χ1n) is 9.89. The molecule has 4 nitrogen and oxygen atoms in total. The lowest BCUT2D eigenvalue weighted by atomic mass is 10.0. The van der Waals surface area contributed by atoms with Gasteiger partial charge in [-0.05, 0) is 86.8 Å². The lowest BCUT2D eigenvalue weighted by Gasteiger charge is -2.17. The molecule has 0 spiro atoms. The summed E-state index contributed by atoms with van der Waals surface area (Å²) in [4.78, 5) is 15.0. The van der Waals surface area contributed by atoms with Gasteiger partial charge in [0, 0.05) is 12.1 Å². The van der Waals surface area contributed by atoms with E-state index < -0.39 is 0 Å². The number of hydrogen-bond acceptors (Lipinski definition) is 4. The molecule has 2 aromatic rings. The quantitative estimate of drug-likeness (QED) is 0.444. The molecule has 29 heavy (non-hydrogen) atoms. The number of likely N-dealkylation sites (tertiary alicyclic amines) is 1. The molecule has 0 aromatic heterocycles. The zero-order chi connectivity index (χ0) is 19.9. The van der Waals surface area contributed by atoms with Gasteiger partial charge >= 0.3 is 0 Å². The number of halogens is 1. The number of aryl methyl sites for hydroxylation is 2. The van der Waals surface area contributed by atoms with Crippen molar-refractivity contribution >= 4 is 24.3 Å². The fraction of sp³-hybridized carbons (Fsp3) is 0.375. The van der Waals surface area contributed by atoms with Crippen LogP contribution in [0.3, 0.4) is 0 Å². The Kier molecular flexibility index (Phi) is 8.74. The van der Waals surface area contributed by atoms with Crippen molar-refractivity contribution in [3.8, 4) is 11.5 Å². The molecule has 0 atom stereocenters. The van der Waals surface area contributed by atoms with Gasteiger partial charge in [0.15, 0.2) is 5.78 Å². The molecule has 0 aliphatic carbocycles. The second-order valence-corrected chi connectivity index (χ2v) is 7.31. The van der Waals surface area contributed by atoms with Gasteiger partial charge in [0.1, 0.15) is 18.1 Å². The summed E-state index contributed by atoms with van der Waals surface area (Å²) in [6.45, 7) is 8.00. The number of carbonyl (C=O) groups excluding carboxylic acids is 1. The van der Waals surface area contributed by atoms with Crippen LogP contribution in [0, 0.1) is 13.8 Å². The van der Waals surface area contributed by atoms with E-state index in [1.165, 1.54) is 25.9 Å². The van der Waals surface area contributed by atoms with Crippen LogP contribution in [-0.2, 0) is 0 Å². The predicted molar refractivity (Wildman–Crippen MR) is 121 cm³/mol. The fourth-order valence-corrected chi connectivity index (χ4v) is 3.62. The molecule has 0 radical (unpaired) electrons. The van der Waals surface area contributed by atoms with E-state index in [2.05, 4.69) is 4.90 Å². The summed E-state index contributed by atoms with van der Waals surface area (Å²) in [6, 6.07) is 11.5. The first-order valence-corrected chi connectivity index (χ1v) is 9.89. The van der Waals surface area contributed by atoms with Crippen molar-refractivity contribution in [1.29, 1.82) is 0 Å². The number of allylic oxidation sites excluding steroid dienone is 1. The van der Waals surface area contributed by atoms with Crippen molar-refractivity contribution in [3.63, 3.8) is 0 Å². The van der Waals surface area contributed by atoms with Gasteiger partial charge in [0.25, 0.3) is 0 Å². The summed E-state index contributed by atoms with van der Waals surface area (Å²) in [6.07, 6.45) is 6.00. The molecule has 1 heterocycles. The van der Waals surface area contributed by atoms with Gasteiger partial charge in [-0.3, -0.25) is 9.69 Å². The smallest absolute Gasteiger partial charge is 0.185 e. The molecular weight excluding hydrogens is 386 g/mol. The van der Waals surface area contributed by atoms with E-state index in [-0.39, 0.29) is 18.2 Å². The highest BCUT2D eigenvalue weighted by Gasteiger charge is 2.13. The molecule has 0 unspecified atom stereocenters. The van der Waals surface area contributed by atoms with Crippen molar-refractivity contribution < 1.29 is 14.3 Å². The molecule has 2 aromatic carbocycles. The van der Waals surface area contributed by atoms with E-state index in [1.54, 1.807) is 13.2 Å². The van der Waals surface area contributed by atoms with Crippen LogP contribution in [0.15, 0.2) is 42.5 Å². The van der Waals surface area contributed by atoms with Crippen LogP contribution in [-0.4, -0.2) is 44.0 Å². The van der Waals surface area contributed by atoms with E-state index in [0.29, 0.717) is 12.2 Å². The van der Waals surface area contributed by atoms with Crippen LogP contribution in [0.1, 0.15) is 39.9 Å². The summed E-state index contributed by atoms with van der Waals surface area (Å²) in [5.41, 5.74) is 3.61. The number of hydrogen-bond donors (Lipinski definition) is 0. The van der Waals surface area contributed by atoms with Gasteiger partial charge in [-0.25, -0.2) is 0 Å². The first kappa shape index (κ1) is 23.0. The summed E-state index contributed by atoms with van der Waals surface area (Å²) in [7, 11) is 1.63. The molecule has 0 saturated carbocycles. The molecule has 3 rings (SSSR count). The average molecular weight is 416 g/mol. The Labute approximate surface area is 179 Å². The second kappa shape index (κ2) is 11.0. The van der Waals surface area contributed by atoms with Crippen LogP contribution < -0.4 is 9.47 Å². The van der Waals surface area contributed by atoms with Gasteiger partial charge in [0.05, 0.1) is 7.11 Å². The van der Waals surface area contributed by atoms with Crippen molar-refractivity contribution in [3.05, 3.63) is 64.7 Å². The molecule has 1 fully saturated rings. The Morgan fingerprint density at radius 2 is 1.79 bits per heavy atom. The maximum atomic E-state index is 12.6. The number of carbonyl (C=O) groups is 1. The first-order chi connectivity index (χ1) is 13.6. The SMILES string of the molecule is COc1cccc(C=CC(=O)c2cc(C)c(OCCN3CCCC3)c(C)c2)c1.Cl. The van der Waals surface area contributed by atoms with Gasteiger partial charge in [0.2, 0.25) is 0 Å². The standard InChI is InChI=1S/C24H29NO3.ClH/c1-18-15-21(23(26)10-9-20-7-6-8-22(17-20)27-3)16-19(2)24(18)28-14-13-25-11-4-5-12-25;/h6-10,15-17H,4-5,11-14H2,1-3H3;1H. The molecule has 0 amide bonds. The monoisotopic (exact) mass is 415 g/mol. The Morgan fingerprint density at radius 3 is 2.45 bits per heavy atom. The average Bonchev–Trinajstić information content (AvgIpc) is 3.21. The number of methoxy groups -OCH3 is 1. The molecule has 156 valence electrons. The van der Waals surface area contributed by atoms with Crippen molar-refractivity contribution in [1.82, 2.24) is 4.90 Å². The van der Waals surface area contributed by atoms with Crippen LogP contribution >= 0.6 is 12.4 Å². The van der Waals surface area contributed by atoms with Crippen LogP contribution in [0.5, 0.6) is 11.5 Å². The van der Waals surface area contributed by atoms with Crippen molar-refractivity contribution in [2.24, 2.45) is 0 Å². The molecular formula is C24H30ClNO3. The molecule has 1 saturated heterocycles. The van der Waals surface area contributed by atoms with E-state index in [1.807, 2.05) is 56.3 Å². The zero-order valence-corrected chi connectivity index (χ0v) is 18.3. The summed E-state index contributed by atoms with van der Waals surface area (Å²) < 4.78 is 11.3. The number of nitrogens with zero attached hydrogens (tertiary/aromatic N) is 1. The Hall–Kier alpha value is -2.30. The number of ether oxygens (including phenoxy) is 2. The third-order valence-electron chi connectivity index (χ3n) is 5.12. The zero-order valence-electron chi connectivity index (χ0n) is 17.4. The van der Waals surface area contributed by atoms with E-state index in [9.17, 15) is 4.79 Å². The lowest BCUT2D eigenvalue weighted by Crippen LogP contribution is -2.25. The van der Waals surface area contributed by atoms with Gasteiger partial charge in [-0.1, -0.05) is 18.2 Å². The van der Waals surface area contributed by atoms with E-state index in [4.69, 9.17) is 9.47 Å². The third kappa shape index (κ3) is 6.34. The van der Waals surface area contributed by atoms with Crippen LogP contribution in [0.25, 0.3) is 6.08 Å². The second-order valence-electron chi connectivity index (χ2n) is 7.31. The minimum atomic E-state index is -0.0161. The molecule has 5 heteroatoms. The highest BCUT2D eigenvalue weighted by molar-refractivity contribution is 6.07. The molecule has 1 aliphatic rings. The maximum Gasteiger partial charge on any atom is 0.185 e. The van der Waals surface area contributed by atoms with Gasteiger partial charge in [-0.2, -0.15) is 0 Å². The predicted octanol–water partition coefficient (Wildman–Crippen LogP) is 5.10. The van der Waals surface area contributed by atoms with E-state index >= 15 is 0 Å². The highest BCUT2D eigenvalue weighted by Crippen LogP contribution is 2.25. The summed E-state index contributed by atoms with van der Waals surface area (Å²) in [5, 5.41) is 0. The number of benzene rings is 2. The Bertz CT molecular complexity index is 834. The number of ketones is 1. The van der Waals surface area contributed by atoms with Crippen molar-refractivity contribution in [2.75, 3.05) is 33.4 Å². The van der Waals surface area contributed by atoms with Crippen molar-refractivity contribution in [2.45, 2.75) is 26.7 Å². The van der Waals surface area contributed by atoms with Crippen LogP contribution in [0.4, 0.5) is 0 Å². The van der Waals surface area contributed by atoms with Crippen LogP contribution in [0.2, 0.25) is 0 Å². The normalized spacial score (nSPS) is 14.0. The van der Waals surface area contributed by atoms with E-state index in [0.717, 1.165) is 34.7 Å². The van der Waals surface area contributed by atoms with Gasteiger partial charge in [-0.15, -0.1) is 12.4 Å².